The minimum absolute atomic E-state index is 0.0169. The van der Waals surface area contributed by atoms with Gasteiger partial charge in [-0.3, -0.25) is 19.8 Å². The molecular weight excluding hydrogens is 375 g/mol. The van der Waals surface area contributed by atoms with Gasteiger partial charge < -0.3 is 5.73 Å². The van der Waals surface area contributed by atoms with Crippen molar-refractivity contribution in [1.82, 2.24) is 9.66 Å². The third kappa shape index (κ3) is 4.06. The molecule has 3 rings (SSSR count). The molecule has 1 heterocycles. The predicted molar refractivity (Wildman–Crippen MR) is 107 cm³/mol. The Morgan fingerprint density at radius 2 is 1.86 bits per heavy atom. The molecule has 1 aromatic heterocycles. The number of Topliss-reactive ketones (excluding diaryl/α,β-unsaturated/α-hetero) is 1. The number of benzene rings is 2. The van der Waals surface area contributed by atoms with Crippen molar-refractivity contribution in [3.05, 3.63) is 81.7 Å². The number of carbonyl (C=O) groups excluding carboxylic acids is 2. The Balaban J connectivity index is 2.24. The van der Waals surface area contributed by atoms with E-state index in [1.807, 2.05) is 0 Å². The monoisotopic (exact) mass is 394 g/mol. The van der Waals surface area contributed by atoms with Crippen LogP contribution in [0, 0.1) is 5.82 Å². The van der Waals surface area contributed by atoms with Crippen LogP contribution in [0.2, 0.25) is 0 Å². The Bertz CT molecular complexity index is 1150. The largest absolute Gasteiger partial charge is 0.366 e. The summed E-state index contributed by atoms with van der Waals surface area (Å²) in [6, 6.07) is 11.7. The molecule has 0 aliphatic rings. The highest BCUT2D eigenvalue weighted by molar-refractivity contribution is 5.98. The summed E-state index contributed by atoms with van der Waals surface area (Å²) in [5, 5.41) is 0. The molecule has 1 amide bonds. The first-order chi connectivity index (χ1) is 13.8. The van der Waals surface area contributed by atoms with Crippen molar-refractivity contribution < 1.29 is 14.0 Å². The van der Waals surface area contributed by atoms with E-state index in [1.54, 1.807) is 19.1 Å². The maximum Gasteiger partial charge on any atom is 0.291 e. The highest BCUT2D eigenvalue weighted by atomic mass is 19.1. The summed E-state index contributed by atoms with van der Waals surface area (Å²) in [5.41, 5.74) is 9.33. The van der Waals surface area contributed by atoms with Crippen LogP contribution < -0.4 is 16.7 Å². The fourth-order valence-corrected chi connectivity index (χ4v) is 2.91. The van der Waals surface area contributed by atoms with E-state index in [4.69, 9.17) is 5.73 Å². The van der Waals surface area contributed by atoms with Crippen LogP contribution in [-0.4, -0.2) is 21.4 Å². The lowest BCUT2D eigenvalue weighted by Gasteiger charge is -2.18. The van der Waals surface area contributed by atoms with Crippen LogP contribution in [0.15, 0.2) is 53.3 Å². The summed E-state index contributed by atoms with van der Waals surface area (Å²) in [6.45, 7) is 3.08. The van der Waals surface area contributed by atoms with Crippen molar-refractivity contribution in [3.63, 3.8) is 0 Å². The van der Waals surface area contributed by atoms with Crippen LogP contribution in [0.25, 0.3) is 11.3 Å². The second-order valence-electron chi connectivity index (χ2n) is 6.37. The van der Waals surface area contributed by atoms with E-state index in [2.05, 4.69) is 10.4 Å². The van der Waals surface area contributed by atoms with Crippen molar-refractivity contribution in [1.29, 1.82) is 0 Å². The molecule has 3 aromatic rings. The van der Waals surface area contributed by atoms with Gasteiger partial charge >= 0.3 is 0 Å². The Hall–Kier alpha value is -3.81. The number of ketones is 1. The van der Waals surface area contributed by atoms with Crippen molar-refractivity contribution >= 4 is 17.4 Å². The first-order valence-corrected chi connectivity index (χ1v) is 8.91. The zero-order valence-electron chi connectivity index (χ0n) is 15.9. The number of primary amides is 1. The summed E-state index contributed by atoms with van der Waals surface area (Å²) in [5.74, 6) is -1.46. The molecule has 0 saturated heterocycles. The molecule has 2 aromatic carbocycles. The number of anilines is 1. The van der Waals surface area contributed by atoms with Crippen LogP contribution in [0.1, 0.15) is 40.4 Å². The maximum absolute atomic E-state index is 13.3. The molecule has 0 aliphatic heterocycles. The highest BCUT2D eigenvalue weighted by Crippen LogP contribution is 2.23. The van der Waals surface area contributed by atoms with E-state index < -0.39 is 23.1 Å². The number of hydrogen-bond acceptors (Lipinski definition) is 5. The summed E-state index contributed by atoms with van der Waals surface area (Å²) in [6.07, 6.45) is 0.328. The first kappa shape index (κ1) is 19.9. The van der Waals surface area contributed by atoms with Crippen molar-refractivity contribution in [3.8, 4) is 11.3 Å². The van der Waals surface area contributed by atoms with Crippen LogP contribution in [-0.2, 0) is 6.42 Å². The second kappa shape index (κ2) is 8.05. The van der Waals surface area contributed by atoms with Crippen LogP contribution in [0.4, 0.5) is 10.1 Å². The highest BCUT2D eigenvalue weighted by Gasteiger charge is 2.21. The van der Waals surface area contributed by atoms with Crippen LogP contribution >= 0.6 is 0 Å². The lowest BCUT2D eigenvalue weighted by molar-refractivity contribution is 0.0993. The third-order valence-corrected chi connectivity index (χ3v) is 4.32. The molecule has 8 heteroatoms. The van der Waals surface area contributed by atoms with Gasteiger partial charge in [-0.25, -0.2) is 14.1 Å². The van der Waals surface area contributed by atoms with E-state index >= 15 is 0 Å². The molecule has 3 N–H and O–H groups in total. The predicted octanol–water partition coefficient (Wildman–Crippen LogP) is 2.79. The Morgan fingerprint density at radius 3 is 2.45 bits per heavy atom. The molecule has 0 fully saturated rings. The van der Waals surface area contributed by atoms with Crippen LogP contribution in [0.5, 0.6) is 0 Å². The maximum atomic E-state index is 13.3. The van der Waals surface area contributed by atoms with Crippen molar-refractivity contribution in [2.24, 2.45) is 5.73 Å². The normalized spacial score (nSPS) is 10.6. The Labute approximate surface area is 166 Å². The fourth-order valence-electron chi connectivity index (χ4n) is 2.91. The van der Waals surface area contributed by atoms with E-state index in [9.17, 15) is 18.8 Å². The van der Waals surface area contributed by atoms with Gasteiger partial charge in [-0.1, -0.05) is 13.0 Å². The lowest BCUT2D eigenvalue weighted by atomic mass is 10.1. The SMILES string of the molecule is CCc1nc(-c2ccc(F)cc2)c(C(C)=O)n(Nc2cccc(C(N)=O)c2)c1=O. The molecule has 0 atom stereocenters. The smallest absolute Gasteiger partial charge is 0.291 e. The summed E-state index contributed by atoms with van der Waals surface area (Å²) < 4.78 is 14.5. The number of nitrogens with zero attached hydrogens (tertiary/aromatic N) is 2. The molecule has 0 radical (unpaired) electrons. The summed E-state index contributed by atoms with van der Waals surface area (Å²) >= 11 is 0. The molecule has 0 bridgehead atoms. The van der Waals surface area contributed by atoms with Gasteiger partial charge in [0.15, 0.2) is 5.78 Å². The molecule has 7 nitrogen and oxygen atoms in total. The number of nitrogens with one attached hydrogen (secondary N) is 1. The zero-order chi connectivity index (χ0) is 21.1. The zero-order valence-corrected chi connectivity index (χ0v) is 15.9. The van der Waals surface area contributed by atoms with Gasteiger partial charge in [0.2, 0.25) is 5.91 Å². The quantitative estimate of drug-likeness (QED) is 0.625. The summed E-state index contributed by atoms with van der Waals surface area (Å²) in [4.78, 5) is 41.2. The van der Waals surface area contributed by atoms with Gasteiger partial charge in [-0.15, -0.1) is 0 Å². The van der Waals surface area contributed by atoms with E-state index in [-0.39, 0.29) is 22.6 Å². The van der Waals surface area contributed by atoms with E-state index in [0.717, 1.165) is 4.68 Å². The van der Waals surface area contributed by atoms with Gasteiger partial charge in [0.25, 0.3) is 5.56 Å². The van der Waals surface area contributed by atoms with Gasteiger partial charge in [-0.05, 0) is 48.9 Å². The molecule has 29 heavy (non-hydrogen) atoms. The van der Waals surface area contributed by atoms with Gasteiger partial charge in [-0.2, -0.15) is 0 Å². The van der Waals surface area contributed by atoms with Crippen LogP contribution in [0.3, 0.4) is 0 Å². The lowest BCUT2D eigenvalue weighted by Crippen LogP contribution is -2.35. The first-order valence-electron chi connectivity index (χ1n) is 8.91. The van der Waals surface area contributed by atoms with Crippen molar-refractivity contribution in [2.45, 2.75) is 20.3 Å². The number of hydrogen-bond donors (Lipinski definition) is 2. The molecule has 0 unspecified atom stereocenters. The number of carbonyl (C=O) groups is 2. The average molecular weight is 394 g/mol. The number of halogens is 1. The van der Waals surface area contributed by atoms with Gasteiger partial charge in [0, 0.05) is 18.1 Å². The van der Waals surface area contributed by atoms with Gasteiger partial charge in [0.05, 0.1) is 5.69 Å². The fraction of sp³-hybridized carbons (Fsp3) is 0.143. The van der Waals surface area contributed by atoms with Crippen molar-refractivity contribution in [2.75, 3.05) is 5.43 Å². The number of rotatable bonds is 6. The molecule has 0 saturated carbocycles. The van der Waals surface area contributed by atoms with Gasteiger partial charge in [0.1, 0.15) is 22.9 Å². The Kier molecular flexibility index (Phi) is 5.54. The minimum Gasteiger partial charge on any atom is -0.366 e. The number of nitrogens with two attached hydrogens (primary N) is 1. The molecule has 0 aliphatic carbocycles. The van der Waals surface area contributed by atoms with E-state index in [1.165, 1.54) is 43.3 Å². The van der Waals surface area contributed by atoms with E-state index in [0.29, 0.717) is 17.7 Å². The minimum atomic E-state index is -0.622. The molecular formula is C21H19FN4O3. The molecule has 148 valence electrons. The Morgan fingerprint density at radius 1 is 1.17 bits per heavy atom. The molecule has 0 spiro atoms. The topological polar surface area (TPSA) is 107 Å². The standard InChI is InChI=1S/C21H19FN4O3/c1-3-17-21(29)26(25-16-6-4-5-14(11-16)20(23)28)19(12(2)27)18(24-17)13-7-9-15(22)10-8-13/h4-11,25H,3H2,1-2H3,(H2,23,28). The number of aromatic nitrogens is 2. The second-order valence-corrected chi connectivity index (χ2v) is 6.37. The number of aryl methyl sites for hydroxylation is 1. The average Bonchev–Trinajstić information content (AvgIpc) is 2.70. The third-order valence-electron chi connectivity index (χ3n) is 4.32. The number of amides is 1. The summed E-state index contributed by atoms with van der Waals surface area (Å²) in [7, 11) is 0.